The highest BCUT2D eigenvalue weighted by atomic mass is 32.2. The Kier molecular flexibility index (Phi) is 7.52. The lowest BCUT2D eigenvalue weighted by molar-refractivity contribution is -0.123. The highest BCUT2D eigenvalue weighted by Crippen LogP contribution is 2.17. The Morgan fingerprint density at radius 2 is 1.80 bits per heavy atom. The molecule has 138 valence electrons. The lowest BCUT2D eigenvalue weighted by Gasteiger charge is -2.18. The van der Waals surface area contributed by atoms with Crippen molar-refractivity contribution < 1.29 is 27.5 Å². The number of benzene rings is 1. The summed E-state index contributed by atoms with van der Waals surface area (Å²) in [4.78, 5) is 34.3. The first-order valence-electron chi connectivity index (χ1n) is 7.55. The Balaban J connectivity index is 2.85. The van der Waals surface area contributed by atoms with Crippen LogP contribution in [0.5, 0.6) is 0 Å². The van der Waals surface area contributed by atoms with Gasteiger partial charge < -0.3 is 10.1 Å². The highest BCUT2D eigenvalue weighted by molar-refractivity contribution is 7.89. The molecule has 0 aromatic heterocycles. The predicted octanol–water partition coefficient (Wildman–Crippen LogP) is 0.330. The molecular weight excluding hydrogens is 350 g/mol. The minimum Gasteiger partial charge on any atom is -0.452 e. The van der Waals surface area contributed by atoms with Gasteiger partial charge in [-0.05, 0) is 18.2 Å². The lowest BCUT2D eigenvalue weighted by Crippen LogP contribution is -2.39. The smallest absolute Gasteiger partial charge is 0.338 e. The van der Waals surface area contributed by atoms with E-state index >= 15 is 0 Å². The summed E-state index contributed by atoms with van der Waals surface area (Å²) in [5.41, 5.74) is -0.0130. The van der Waals surface area contributed by atoms with Crippen LogP contribution in [0.15, 0.2) is 29.2 Å². The molecule has 0 saturated carbocycles. The third-order valence-corrected chi connectivity index (χ3v) is 5.27. The summed E-state index contributed by atoms with van der Waals surface area (Å²) in [6, 6.07) is 4.63. The van der Waals surface area contributed by atoms with Crippen LogP contribution in [0.3, 0.4) is 0 Å². The number of rotatable bonds is 7. The Bertz CT molecular complexity index is 743. The molecule has 0 aliphatic heterocycles. The fourth-order valence-corrected chi connectivity index (χ4v) is 3.44. The fraction of sp³-hybridized carbons (Fsp3) is 0.400. The number of amides is 3. The molecule has 3 amide bonds. The van der Waals surface area contributed by atoms with Crippen molar-refractivity contribution in [3.05, 3.63) is 29.8 Å². The van der Waals surface area contributed by atoms with Gasteiger partial charge in [0.15, 0.2) is 6.61 Å². The summed E-state index contributed by atoms with van der Waals surface area (Å²) < 4.78 is 30.9. The molecule has 0 aliphatic carbocycles. The van der Waals surface area contributed by atoms with E-state index < -0.39 is 34.5 Å². The molecule has 0 unspecified atom stereocenters. The molecule has 0 saturated heterocycles. The Hall–Kier alpha value is -2.46. The maximum Gasteiger partial charge on any atom is 0.338 e. The molecule has 25 heavy (non-hydrogen) atoms. The maximum atomic E-state index is 12.5. The summed E-state index contributed by atoms with van der Waals surface area (Å²) in [5, 5.41) is 4.11. The monoisotopic (exact) mass is 371 g/mol. The molecule has 0 bridgehead atoms. The van der Waals surface area contributed by atoms with Gasteiger partial charge in [-0.1, -0.05) is 19.9 Å². The largest absolute Gasteiger partial charge is 0.452 e. The third-order valence-electron chi connectivity index (χ3n) is 3.23. The number of ether oxygens (including phenoxy) is 1. The van der Waals surface area contributed by atoms with E-state index in [1.807, 2.05) is 5.32 Å². The molecule has 0 fully saturated rings. The van der Waals surface area contributed by atoms with Crippen molar-refractivity contribution in [2.75, 3.05) is 26.7 Å². The first-order chi connectivity index (χ1) is 11.8. The van der Waals surface area contributed by atoms with Gasteiger partial charge in [-0.25, -0.2) is 18.0 Å². The molecule has 2 N–H and O–H groups in total. The van der Waals surface area contributed by atoms with Crippen LogP contribution in [-0.2, 0) is 19.6 Å². The van der Waals surface area contributed by atoms with Crippen LogP contribution in [0.1, 0.15) is 24.2 Å². The summed E-state index contributed by atoms with van der Waals surface area (Å²) in [6.07, 6.45) is 0. The molecule has 1 rings (SSSR count). The number of carbonyl (C=O) groups excluding carboxylic acids is 3. The second-order valence-corrected chi connectivity index (χ2v) is 6.76. The number of nitrogens with zero attached hydrogens (tertiary/aromatic N) is 1. The molecule has 0 aliphatic rings. The quantitative estimate of drug-likeness (QED) is 0.666. The average Bonchev–Trinajstić information content (AvgIpc) is 2.60. The molecule has 0 radical (unpaired) electrons. The number of sulfonamides is 1. The van der Waals surface area contributed by atoms with Crippen LogP contribution in [0, 0.1) is 0 Å². The Labute approximate surface area is 146 Å². The van der Waals surface area contributed by atoms with Crippen LogP contribution in [-0.4, -0.2) is 57.4 Å². The van der Waals surface area contributed by atoms with E-state index in [1.54, 1.807) is 13.8 Å². The zero-order chi connectivity index (χ0) is 19.0. The van der Waals surface area contributed by atoms with Gasteiger partial charge in [-0.15, -0.1) is 0 Å². The zero-order valence-electron chi connectivity index (χ0n) is 14.2. The van der Waals surface area contributed by atoms with Crippen LogP contribution in [0.4, 0.5) is 4.79 Å². The first kappa shape index (κ1) is 20.6. The highest BCUT2D eigenvalue weighted by Gasteiger charge is 2.23. The second kappa shape index (κ2) is 9.14. The number of hydrogen-bond acceptors (Lipinski definition) is 6. The van der Waals surface area contributed by atoms with Crippen molar-refractivity contribution in [2.24, 2.45) is 0 Å². The minimum absolute atomic E-state index is 0.0130. The number of nitrogens with one attached hydrogen (secondary N) is 2. The Morgan fingerprint density at radius 3 is 2.36 bits per heavy atom. The number of hydrogen-bond donors (Lipinski definition) is 2. The summed E-state index contributed by atoms with van der Waals surface area (Å²) in [6.45, 7) is 3.36. The molecule has 0 heterocycles. The van der Waals surface area contributed by atoms with Crippen molar-refractivity contribution in [3.8, 4) is 0 Å². The van der Waals surface area contributed by atoms with Crippen molar-refractivity contribution in [1.82, 2.24) is 14.9 Å². The predicted molar refractivity (Wildman–Crippen MR) is 89.4 cm³/mol. The van der Waals surface area contributed by atoms with E-state index in [4.69, 9.17) is 4.74 Å². The van der Waals surface area contributed by atoms with E-state index in [0.29, 0.717) is 13.1 Å². The summed E-state index contributed by atoms with van der Waals surface area (Å²) in [5.74, 6) is -1.68. The van der Waals surface area contributed by atoms with Gasteiger partial charge in [0.05, 0.1) is 10.5 Å². The number of carbonyl (C=O) groups is 3. The molecule has 10 heteroatoms. The number of urea groups is 1. The lowest BCUT2D eigenvalue weighted by atomic mass is 10.2. The van der Waals surface area contributed by atoms with Crippen LogP contribution < -0.4 is 10.6 Å². The summed E-state index contributed by atoms with van der Waals surface area (Å²) >= 11 is 0. The molecule has 9 nitrogen and oxygen atoms in total. The van der Waals surface area contributed by atoms with Gasteiger partial charge in [-0.3, -0.25) is 10.1 Å². The maximum absolute atomic E-state index is 12.5. The van der Waals surface area contributed by atoms with E-state index in [1.165, 1.54) is 35.6 Å². The van der Waals surface area contributed by atoms with Crippen molar-refractivity contribution in [1.29, 1.82) is 0 Å². The van der Waals surface area contributed by atoms with Crippen LogP contribution >= 0.6 is 0 Å². The van der Waals surface area contributed by atoms with Gasteiger partial charge in [0.1, 0.15) is 0 Å². The third kappa shape index (κ3) is 5.54. The standard InChI is InChI=1S/C15H21N3O6S/c1-4-18(5-2)25(22,23)12-8-6-7-11(9-12)14(20)24-10-13(19)17-15(21)16-3/h6-9H,4-5,10H2,1-3H3,(H2,16,17,19,21). The van der Waals surface area contributed by atoms with Gasteiger partial charge >= 0.3 is 12.0 Å². The molecule has 0 spiro atoms. The SMILES string of the molecule is CCN(CC)S(=O)(=O)c1cccc(C(=O)OCC(=O)NC(=O)NC)c1. The van der Waals surface area contributed by atoms with E-state index in [9.17, 15) is 22.8 Å². The van der Waals surface area contributed by atoms with Gasteiger partial charge in [-0.2, -0.15) is 4.31 Å². The van der Waals surface area contributed by atoms with Crippen LogP contribution in [0.2, 0.25) is 0 Å². The van der Waals surface area contributed by atoms with Crippen molar-refractivity contribution in [3.63, 3.8) is 0 Å². The first-order valence-corrected chi connectivity index (χ1v) is 8.99. The summed E-state index contributed by atoms with van der Waals surface area (Å²) in [7, 11) is -2.38. The van der Waals surface area contributed by atoms with E-state index in [0.717, 1.165) is 0 Å². The number of esters is 1. The molecule has 0 atom stereocenters. The van der Waals surface area contributed by atoms with Crippen molar-refractivity contribution >= 4 is 27.9 Å². The van der Waals surface area contributed by atoms with Crippen molar-refractivity contribution in [2.45, 2.75) is 18.7 Å². The number of imide groups is 1. The van der Waals surface area contributed by atoms with Gasteiger partial charge in [0, 0.05) is 20.1 Å². The van der Waals surface area contributed by atoms with E-state index in [-0.39, 0.29) is 10.5 Å². The fourth-order valence-electron chi connectivity index (χ4n) is 1.94. The molecule has 1 aromatic rings. The van der Waals surface area contributed by atoms with E-state index in [2.05, 4.69) is 5.32 Å². The van der Waals surface area contributed by atoms with Gasteiger partial charge in [0.25, 0.3) is 5.91 Å². The molecular formula is C15H21N3O6S. The average molecular weight is 371 g/mol. The van der Waals surface area contributed by atoms with Crippen LogP contribution in [0.25, 0.3) is 0 Å². The normalized spacial score (nSPS) is 11.0. The molecule has 1 aromatic carbocycles. The Morgan fingerprint density at radius 1 is 1.16 bits per heavy atom. The van der Waals surface area contributed by atoms with Gasteiger partial charge in [0.2, 0.25) is 10.0 Å². The second-order valence-electron chi connectivity index (χ2n) is 4.82. The zero-order valence-corrected chi connectivity index (χ0v) is 15.1. The minimum atomic E-state index is -3.71. The topological polar surface area (TPSA) is 122 Å².